The Bertz CT molecular complexity index is 79.4. The van der Waals surface area contributed by atoms with Crippen LogP contribution in [0.3, 0.4) is 0 Å². The van der Waals surface area contributed by atoms with E-state index in [0.717, 1.165) is 0 Å². The van der Waals surface area contributed by atoms with E-state index in [4.69, 9.17) is 6.42 Å². The van der Waals surface area contributed by atoms with Crippen LogP contribution < -0.4 is 12.4 Å². The van der Waals surface area contributed by atoms with Crippen LogP contribution in [0, 0.1) is 12.0 Å². The molecule has 0 bridgehead atoms. The predicted molar refractivity (Wildman–Crippen MR) is 30.5 cm³/mol. The van der Waals surface area contributed by atoms with Crippen LogP contribution in [0.1, 0.15) is 0 Å². The minimum Gasteiger partial charge on any atom is -1.00 e. The maximum Gasteiger partial charge on any atom is 2.00 e. The summed E-state index contributed by atoms with van der Waals surface area (Å²) in [6.45, 7) is 6.25. The Morgan fingerprint density at radius 1 is 1.25 bits per heavy atom. The molecule has 0 aromatic heterocycles. The summed E-state index contributed by atoms with van der Waals surface area (Å²) in [6, 6.07) is 0. The fourth-order valence-electron chi connectivity index (χ4n) is 0. The van der Waals surface area contributed by atoms with Gasteiger partial charge in [0.15, 0.2) is 0 Å². The van der Waals surface area contributed by atoms with Gasteiger partial charge in [-0.25, -0.2) is 0 Å². The first kappa shape index (κ1) is 15.9. The van der Waals surface area contributed by atoms with Crippen molar-refractivity contribution in [1.29, 1.82) is 0 Å². The summed E-state index contributed by atoms with van der Waals surface area (Å²) in [5, 5.41) is 0. The molecule has 8 heavy (non-hydrogen) atoms. The van der Waals surface area contributed by atoms with Crippen LogP contribution in [-0.2, 0) is 19.5 Å². The fourth-order valence-corrected chi connectivity index (χ4v) is 0. The van der Waals surface area contributed by atoms with Crippen LogP contribution in [-0.4, -0.2) is 8.07 Å². The predicted octanol–water partition coefficient (Wildman–Crippen LogP) is -1.54. The van der Waals surface area contributed by atoms with Gasteiger partial charge < -0.3 is 24.4 Å². The molecule has 0 saturated heterocycles. The summed E-state index contributed by atoms with van der Waals surface area (Å²) in [4.78, 5) is 0. The van der Waals surface area contributed by atoms with Crippen LogP contribution in [0.4, 0.5) is 0 Å². The van der Waals surface area contributed by atoms with Crippen molar-refractivity contribution in [1.82, 2.24) is 0 Å². The molecule has 0 radical (unpaired) electrons. The van der Waals surface area contributed by atoms with Crippen molar-refractivity contribution < 1.29 is 31.9 Å². The summed E-state index contributed by atoms with van der Waals surface area (Å²) in [6.07, 6.45) is 6.67. The van der Waals surface area contributed by atoms with Gasteiger partial charge in [-0.2, -0.15) is 0 Å². The summed E-state index contributed by atoms with van der Waals surface area (Å²) < 4.78 is 0. The molecule has 0 saturated carbocycles. The van der Waals surface area contributed by atoms with Crippen LogP contribution in [0.5, 0.6) is 0 Å². The zero-order chi connectivity index (χ0) is 5.21. The Morgan fingerprint density at radius 2 is 1.38 bits per heavy atom. The zero-order valence-corrected chi connectivity index (χ0v) is 10.3. The number of hydrogen-bond acceptors (Lipinski definition) is 0. The third-order valence-corrected chi connectivity index (χ3v) is 1.12. The third kappa shape index (κ3) is 15.9. The first-order chi connectivity index (χ1) is 2.56. The molecule has 0 aliphatic carbocycles. The van der Waals surface area contributed by atoms with Gasteiger partial charge >= 0.3 is 19.5 Å². The van der Waals surface area contributed by atoms with E-state index in [-0.39, 0.29) is 31.9 Å². The average Bonchev–Trinajstić information content (AvgIpc) is 1.35. The first-order valence-electron chi connectivity index (χ1n) is 2.00. The molecular weight excluding hydrogens is 189 g/mol. The van der Waals surface area contributed by atoms with Gasteiger partial charge in [-0.05, 0) is 0 Å². The van der Waals surface area contributed by atoms with E-state index in [1.807, 2.05) is 0 Å². The van der Waals surface area contributed by atoms with Gasteiger partial charge in [-0.3, -0.25) is 0 Å². The van der Waals surface area contributed by atoms with Crippen molar-refractivity contribution in [3.63, 3.8) is 0 Å². The van der Waals surface area contributed by atoms with Gasteiger partial charge in [-0.1, -0.05) is 19.6 Å². The van der Waals surface area contributed by atoms with Crippen LogP contribution >= 0.6 is 0 Å². The molecule has 0 amide bonds. The summed E-state index contributed by atoms with van der Waals surface area (Å²) in [5.74, 6) is 0. The minimum atomic E-state index is -1.21. The molecule has 0 atom stereocenters. The third-order valence-electron chi connectivity index (χ3n) is 0.375. The van der Waals surface area contributed by atoms with Gasteiger partial charge in [0.1, 0.15) is 0 Å². The Labute approximate surface area is 71.6 Å². The van der Waals surface area contributed by atoms with Gasteiger partial charge in [0, 0.05) is 0 Å². The van der Waals surface area contributed by atoms with Crippen molar-refractivity contribution in [3.05, 3.63) is 6.42 Å². The number of hydrogen-bond donors (Lipinski definition) is 0. The maximum atomic E-state index is 6.67. The number of rotatable bonds is 0. The Balaban J connectivity index is -0.000000125. The number of halogens is 1. The van der Waals surface area contributed by atoms with E-state index in [1.165, 1.54) is 0 Å². The normalized spacial score (nSPS) is 7.75. The molecule has 0 fully saturated rings. The SMILES string of the molecule is [C-]#C[Si](C)(C)C.[Cl-].[Zn+2]. The maximum absolute atomic E-state index is 6.67. The molecule has 0 aliphatic heterocycles. The van der Waals surface area contributed by atoms with Crippen molar-refractivity contribution in [2.75, 3.05) is 0 Å². The molecule has 42 valence electrons. The second-order valence-electron chi connectivity index (χ2n) is 2.38. The van der Waals surface area contributed by atoms with Crippen molar-refractivity contribution in [2.24, 2.45) is 0 Å². The second kappa shape index (κ2) is 5.82. The molecule has 0 nitrogen and oxygen atoms in total. The largest absolute Gasteiger partial charge is 2.00 e. The van der Waals surface area contributed by atoms with Gasteiger partial charge in [0.05, 0.1) is 8.07 Å². The zero-order valence-electron chi connectivity index (χ0n) is 5.59. The van der Waals surface area contributed by atoms with E-state index >= 15 is 0 Å². The van der Waals surface area contributed by atoms with Crippen molar-refractivity contribution >= 4 is 8.07 Å². The van der Waals surface area contributed by atoms with E-state index in [0.29, 0.717) is 0 Å². The quantitative estimate of drug-likeness (QED) is 0.251. The smallest absolute Gasteiger partial charge is 1.00 e. The molecular formula is C5H9ClSiZn. The van der Waals surface area contributed by atoms with Crippen LogP contribution in [0.15, 0.2) is 0 Å². The summed E-state index contributed by atoms with van der Waals surface area (Å²) >= 11 is 0. The average molecular weight is 198 g/mol. The molecule has 0 aromatic carbocycles. The Kier molecular flexibility index (Phi) is 11.5. The van der Waals surface area contributed by atoms with E-state index < -0.39 is 8.07 Å². The molecule has 0 aliphatic rings. The molecule has 0 N–H and O–H groups in total. The second-order valence-corrected chi connectivity index (χ2v) is 7.12. The molecule has 0 aromatic rings. The topological polar surface area (TPSA) is 0 Å². The van der Waals surface area contributed by atoms with E-state index in [1.54, 1.807) is 0 Å². The van der Waals surface area contributed by atoms with Crippen LogP contribution in [0.25, 0.3) is 0 Å². The molecule has 0 unspecified atom stereocenters. The fraction of sp³-hybridized carbons (Fsp3) is 0.600. The van der Waals surface area contributed by atoms with Crippen LogP contribution in [0.2, 0.25) is 19.6 Å². The Hall–Kier alpha value is 0.690. The summed E-state index contributed by atoms with van der Waals surface area (Å²) in [7, 11) is -1.21. The standard InChI is InChI=1S/C5H9Si.ClH.Zn/c1-5-6(2,3)4;;/h2-4H3;1H;/q-1;;+2/p-1. The van der Waals surface area contributed by atoms with E-state index in [2.05, 4.69) is 25.2 Å². The van der Waals surface area contributed by atoms with Gasteiger partial charge in [0.25, 0.3) is 0 Å². The monoisotopic (exact) mass is 196 g/mol. The molecule has 0 rings (SSSR count). The van der Waals surface area contributed by atoms with Gasteiger partial charge in [-0.15, -0.1) is 0 Å². The van der Waals surface area contributed by atoms with Gasteiger partial charge in [0.2, 0.25) is 0 Å². The minimum absolute atomic E-state index is 0. The van der Waals surface area contributed by atoms with Crippen molar-refractivity contribution in [3.8, 4) is 5.54 Å². The van der Waals surface area contributed by atoms with E-state index in [9.17, 15) is 0 Å². The van der Waals surface area contributed by atoms with Crippen molar-refractivity contribution in [2.45, 2.75) is 19.6 Å². The first-order valence-corrected chi connectivity index (χ1v) is 5.50. The summed E-state index contributed by atoms with van der Waals surface area (Å²) in [5.41, 5.74) is 2.49. The molecule has 0 spiro atoms. The Morgan fingerprint density at radius 3 is 1.38 bits per heavy atom. The molecule has 0 heterocycles. The molecule has 3 heteroatoms.